The average Bonchev–Trinajstić information content (AvgIpc) is 2.44. The van der Waals surface area contributed by atoms with E-state index in [1.165, 1.54) is 11.1 Å². The van der Waals surface area contributed by atoms with E-state index in [2.05, 4.69) is 31.7 Å². The molecule has 3 nitrogen and oxygen atoms in total. The first-order valence-corrected chi connectivity index (χ1v) is 7.78. The molecule has 0 saturated carbocycles. The van der Waals surface area contributed by atoms with Gasteiger partial charge in [0.05, 0.1) is 12.6 Å². The summed E-state index contributed by atoms with van der Waals surface area (Å²) in [6, 6.07) is 4.15. The first-order chi connectivity index (χ1) is 9.92. The molecule has 21 heavy (non-hydrogen) atoms. The summed E-state index contributed by atoms with van der Waals surface area (Å²) < 4.78 is 5.53. The minimum atomic E-state index is 0.222. The zero-order valence-electron chi connectivity index (χ0n) is 13.9. The number of Topliss-reactive ketones (excluding diaryl/α,β-unsaturated/α-hetero) is 1. The van der Waals surface area contributed by atoms with Gasteiger partial charge in [-0.2, -0.15) is 0 Å². The van der Waals surface area contributed by atoms with Crippen molar-refractivity contribution in [2.75, 3.05) is 26.7 Å². The van der Waals surface area contributed by atoms with Gasteiger partial charge in [0.2, 0.25) is 0 Å². The Morgan fingerprint density at radius 3 is 2.57 bits per heavy atom. The van der Waals surface area contributed by atoms with Crippen molar-refractivity contribution >= 4 is 5.78 Å². The Labute approximate surface area is 128 Å². The maximum atomic E-state index is 12.6. The fourth-order valence-electron chi connectivity index (χ4n) is 3.10. The summed E-state index contributed by atoms with van der Waals surface area (Å²) in [5.74, 6) is 0.796. The monoisotopic (exact) mass is 289 g/mol. The molecular formula is C18H27NO2. The largest absolute Gasteiger partial charge is 0.380 e. The Bertz CT molecular complexity index is 524. The average molecular weight is 289 g/mol. The molecule has 3 heteroatoms. The quantitative estimate of drug-likeness (QED) is 0.798. The van der Waals surface area contributed by atoms with Crippen LogP contribution in [0, 0.1) is 26.7 Å². The molecule has 2 rings (SSSR count). The molecule has 1 aromatic rings. The van der Waals surface area contributed by atoms with E-state index in [0.717, 1.165) is 30.6 Å². The molecule has 0 aliphatic carbocycles. The highest BCUT2D eigenvalue weighted by molar-refractivity contribution is 5.99. The van der Waals surface area contributed by atoms with Crippen LogP contribution < -0.4 is 0 Å². The Balaban J connectivity index is 2.06. The maximum Gasteiger partial charge on any atom is 0.177 e. The molecule has 0 radical (unpaired) electrons. The third-order valence-electron chi connectivity index (χ3n) is 4.78. The summed E-state index contributed by atoms with van der Waals surface area (Å²) in [4.78, 5) is 14.8. The van der Waals surface area contributed by atoms with E-state index < -0.39 is 0 Å². The number of piperidine rings is 1. The van der Waals surface area contributed by atoms with Crippen molar-refractivity contribution in [3.05, 3.63) is 34.4 Å². The van der Waals surface area contributed by atoms with Crippen molar-refractivity contribution in [3.8, 4) is 0 Å². The highest BCUT2D eigenvalue weighted by Crippen LogP contribution is 2.21. The van der Waals surface area contributed by atoms with Gasteiger partial charge in [0.25, 0.3) is 0 Å². The second-order valence-electron chi connectivity index (χ2n) is 6.45. The number of ether oxygens (including phenoxy) is 1. The Morgan fingerprint density at radius 2 is 1.90 bits per heavy atom. The summed E-state index contributed by atoms with van der Waals surface area (Å²) >= 11 is 0. The van der Waals surface area contributed by atoms with Crippen LogP contribution in [0.3, 0.4) is 0 Å². The van der Waals surface area contributed by atoms with Gasteiger partial charge >= 0.3 is 0 Å². The molecule has 1 aliphatic rings. The lowest BCUT2D eigenvalue weighted by Gasteiger charge is -2.35. The summed E-state index contributed by atoms with van der Waals surface area (Å²) in [6.45, 7) is 10.7. The fourth-order valence-corrected chi connectivity index (χ4v) is 3.10. The van der Waals surface area contributed by atoms with E-state index in [-0.39, 0.29) is 11.9 Å². The third-order valence-corrected chi connectivity index (χ3v) is 4.78. The van der Waals surface area contributed by atoms with Crippen LogP contribution in [0.4, 0.5) is 0 Å². The fraction of sp³-hybridized carbons (Fsp3) is 0.611. The molecule has 0 amide bonds. The van der Waals surface area contributed by atoms with Crippen molar-refractivity contribution in [3.63, 3.8) is 0 Å². The second-order valence-corrected chi connectivity index (χ2v) is 6.45. The second kappa shape index (κ2) is 6.71. The Hall–Kier alpha value is -1.19. The van der Waals surface area contributed by atoms with E-state index in [1.807, 2.05) is 13.0 Å². The van der Waals surface area contributed by atoms with Crippen LogP contribution in [-0.2, 0) is 4.74 Å². The highest BCUT2D eigenvalue weighted by atomic mass is 16.5. The minimum absolute atomic E-state index is 0.222. The summed E-state index contributed by atoms with van der Waals surface area (Å²) in [7, 11) is 1.76. The van der Waals surface area contributed by atoms with Crippen molar-refractivity contribution in [1.82, 2.24) is 4.90 Å². The molecule has 1 heterocycles. The molecule has 1 aliphatic heterocycles. The van der Waals surface area contributed by atoms with Gasteiger partial charge in [0.1, 0.15) is 0 Å². The number of benzene rings is 1. The molecule has 2 atom stereocenters. The van der Waals surface area contributed by atoms with Gasteiger partial charge in [-0.15, -0.1) is 0 Å². The molecule has 1 fully saturated rings. The van der Waals surface area contributed by atoms with Crippen molar-refractivity contribution in [2.45, 2.75) is 40.2 Å². The van der Waals surface area contributed by atoms with Crippen LogP contribution in [0.25, 0.3) is 0 Å². The normalized spacial score (nSPS) is 23.3. The number of likely N-dealkylation sites (tertiary alicyclic amines) is 1. The molecule has 1 aromatic carbocycles. The number of hydrogen-bond donors (Lipinski definition) is 0. The minimum Gasteiger partial charge on any atom is -0.380 e. The van der Waals surface area contributed by atoms with Crippen molar-refractivity contribution in [2.24, 2.45) is 5.92 Å². The molecule has 1 saturated heterocycles. The lowest BCUT2D eigenvalue weighted by Crippen LogP contribution is -2.45. The predicted octanol–water partition coefficient (Wildman–Crippen LogP) is 3.15. The zero-order valence-corrected chi connectivity index (χ0v) is 13.9. The van der Waals surface area contributed by atoms with Crippen molar-refractivity contribution < 1.29 is 9.53 Å². The van der Waals surface area contributed by atoms with Gasteiger partial charge < -0.3 is 4.74 Å². The lowest BCUT2D eigenvalue weighted by molar-refractivity contribution is -0.00325. The van der Waals surface area contributed by atoms with Crippen LogP contribution in [-0.4, -0.2) is 43.5 Å². The standard InChI is InChI=1S/C18H27NO2/c1-12-6-7-19(11-18(12)21-5)10-17(20)16-9-14(3)13(2)8-15(16)4/h8-9,12,18H,6-7,10-11H2,1-5H3. The predicted molar refractivity (Wildman–Crippen MR) is 86.0 cm³/mol. The van der Waals surface area contributed by atoms with Crippen LogP contribution in [0.5, 0.6) is 0 Å². The Kier molecular flexibility index (Phi) is 5.17. The zero-order chi connectivity index (χ0) is 15.6. The number of aryl methyl sites for hydroxylation is 3. The van der Waals surface area contributed by atoms with Crippen molar-refractivity contribution in [1.29, 1.82) is 0 Å². The van der Waals surface area contributed by atoms with Gasteiger partial charge in [0.15, 0.2) is 5.78 Å². The lowest BCUT2D eigenvalue weighted by atomic mass is 9.94. The van der Waals surface area contributed by atoms with Gasteiger partial charge in [-0.1, -0.05) is 13.0 Å². The molecule has 0 aromatic heterocycles. The first-order valence-electron chi connectivity index (χ1n) is 7.78. The molecule has 2 unspecified atom stereocenters. The number of ketones is 1. The number of nitrogens with zero attached hydrogens (tertiary/aromatic N) is 1. The summed E-state index contributed by atoms with van der Waals surface area (Å²) in [5, 5.41) is 0. The highest BCUT2D eigenvalue weighted by Gasteiger charge is 2.27. The molecule has 0 spiro atoms. The summed E-state index contributed by atoms with van der Waals surface area (Å²) in [5.41, 5.74) is 4.38. The van der Waals surface area contributed by atoms with Crippen LogP contribution in [0.2, 0.25) is 0 Å². The molecule has 0 bridgehead atoms. The van der Waals surface area contributed by atoms with E-state index in [9.17, 15) is 4.79 Å². The topological polar surface area (TPSA) is 29.5 Å². The van der Waals surface area contributed by atoms with E-state index in [4.69, 9.17) is 4.74 Å². The van der Waals surface area contributed by atoms with Gasteiger partial charge in [-0.05, 0) is 62.4 Å². The first kappa shape index (κ1) is 16.2. The van der Waals surface area contributed by atoms with E-state index >= 15 is 0 Å². The number of methoxy groups -OCH3 is 1. The van der Waals surface area contributed by atoms with Gasteiger partial charge in [-0.25, -0.2) is 0 Å². The van der Waals surface area contributed by atoms with Crippen LogP contribution >= 0.6 is 0 Å². The van der Waals surface area contributed by atoms with E-state index in [1.54, 1.807) is 7.11 Å². The SMILES string of the molecule is COC1CN(CC(=O)c2cc(C)c(C)cc2C)CCC1C. The Morgan fingerprint density at radius 1 is 1.24 bits per heavy atom. The van der Waals surface area contributed by atoms with Crippen LogP contribution in [0.15, 0.2) is 12.1 Å². The molecular weight excluding hydrogens is 262 g/mol. The smallest absolute Gasteiger partial charge is 0.177 e. The number of carbonyl (C=O) groups is 1. The van der Waals surface area contributed by atoms with Crippen LogP contribution in [0.1, 0.15) is 40.4 Å². The van der Waals surface area contributed by atoms with Gasteiger partial charge in [0, 0.05) is 19.2 Å². The number of rotatable bonds is 4. The summed E-state index contributed by atoms with van der Waals surface area (Å²) in [6.07, 6.45) is 1.34. The number of carbonyl (C=O) groups excluding carboxylic acids is 1. The third kappa shape index (κ3) is 3.72. The van der Waals surface area contributed by atoms with Gasteiger partial charge in [-0.3, -0.25) is 9.69 Å². The molecule has 0 N–H and O–H groups in total. The maximum absolute atomic E-state index is 12.6. The molecule has 116 valence electrons. The number of hydrogen-bond acceptors (Lipinski definition) is 3. The van der Waals surface area contributed by atoms with E-state index in [0.29, 0.717) is 12.5 Å².